The number of benzene rings is 3. The first kappa shape index (κ1) is 25.3. The van der Waals surface area contributed by atoms with Crippen molar-refractivity contribution in [1.82, 2.24) is 4.98 Å². The maximum atomic E-state index is 11.4. The number of fused-ring (bicyclic) bond motifs is 1. The number of hydrogen-bond donors (Lipinski definition) is 3. The second-order valence-corrected chi connectivity index (χ2v) is 9.11. The fourth-order valence-electron chi connectivity index (χ4n) is 4.66. The molecule has 0 saturated heterocycles. The van der Waals surface area contributed by atoms with Gasteiger partial charge in [0.15, 0.2) is 0 Å². The number of rotatable bonds is 7. The number of hydrogen-bond acceptors (Lipinski definition) is 4. The highest BCUT2D eigenvalue weighted by molar-refractivity contribution is 5.99. The number of urea groups is 1. The van der Waals surface area contributed by atoms with E-state index in [9.17, 15) is 4.79 Å². The third kappa shape index (κ3) is 6.26. The largest absolute Gasteiger partial charge is 0.493 e. The van der Waals surface area contributed by atoms with Crippen LogP contribution < -0.4 is 21.1 Å². The third-order valence-corrected chi connectivity index (χ3v) is 6.49. The fraction of sp³-hybridized carbons (Fsp3) is 0.241. The van der Waals surface area contributed by atoms with Crippen molar-refractivity contribution in [2.75, 3.05) is 17.2 Å². The van der Waals surface area contributed by atoms with E-state index < -0.39 is 6.03 Å². The van der Waals surface area contributed by atoms with Crippen LogP contribution in [-0.4, -0.2) is 17.6 Å². The van der Waals surface area contributed by atoms with Crippen LogP contribution in [0.1, 0.15) is 32.1 Å². The molecule has 1 heterocycles. The molecule has 5 rings (SSSR count). The first-order valence-corrected chi connectivity index (χ1v) is 12.2. The van der Waals surface area contributed by atoms with E-state index in [0.29, 0.717) is 11.6 Å². The second-order valence-electron chi connectivity index (χ2n) is 9.11. The number of nitrogens with one attached hydrogen (secondary N) is 2. The number of anilines is 3. The van der Waals surface area contributed by atoms with Crippen molar-refractivity contribution in [3.05, 3.63) is 78.9 Å². The maximum absolute atomic E-state index is 11.4. The van der Waals surface area contributed by atoms with Crippen molar-refractivity contribution in [2.24, 2.45) is 11.7 Å². The summed E-state index contributed by atoms with van der Waals surface area (Å²) >= 11 is 0. The van der Waals surface area contributed by atoms with Crippen LogP contribution in [0.5, 0.6) is 5.75 Å². The van der Waals surface area contributed by atoms with Crippen LogP contribution in [0.4, 0.5) is 21.9 Å². The van der Waals surface area contributed by atoms with Crippen LogP contribution in [0.25, 0.3) is 22.2 Å². The van der Waals surface area contributed by atoms with E-state index in [2.05, 4.69) is 10.6 Å². The Balaban J connectivity index is 0.00000304. The highest BCUT2D eigenvalue weighted by Gasteiger charge is 2.14. The van der Waals surface area contributed by atoms with Crippen molar-refractivity contribution < 1.29 is 9.53 Å². The zero-order chi connectivity index (χ0) is 24.0. The summed E-state index contributed by atoms with van der Waals surface area (Å²) in [5.41, 5.74) is 10.5. The topological polar surface area (TPSA) is 89.3 Å². The third-order valence-electron chi connectivity index (χ3n) is 6.49. The first-order chi connectivity index (χ1) is 17.1. The summed E-state index contributed by atoms with van der Waals surface area (Å²) in [4.78, 5) is 16.2. The van der Waals surface area contributed by atoms with Gasteiger partial charge in [-0.05, 0) is 67.3 Å². The molecule has 1 aliphatic rings. The monoisotopic (exact) mass is 502 g/mol. The predicted octanol–water partition coefficient (Wildman–Crippen LogP) is 7.52. The van der Waals surface area contributed by atoms with Crippen LogP contribution in [0.15, 0.2) is 78.9 Å². The minimum Gasteiger partial charge on any atom is -0.493 e. The maximum Gasteiger partial charge on any atom is 0.316 e. The number of halogens is 1. The summed E-state index contributed by atoms with van der Waals surface area (Å²) < 4.78 is 6.06. The lowest BCUT2D eigenvalue weighted by molar-refractivity contribution is 0.209. The van der Waals surface area contributed by atoms with Gasteiger partial charge < -0.3 is 21.1 Å². The molecule has 1 fully saturated rings. The zero-order valence-corrected chi connectivity index (χ0v) is 20.9. The summed E-state index contributed by atoms with van der Waals surface area (Å²) in [6, 6.07) is 25.1. The lowest BCUT2D eigenvalue weighted by atomic mass is 9.90. The summed E-state index contributed by atoms with van der Waals surface area (Å²) in [5, 5.41) is 7.06. The quantitative estimate of drug-likeness (QED) is 0.244. The molecular formula is C29H31ClN4O2. The van der Waals surface area contributed by atoms with Crippen LogP contribution in [0.2, 0.25) is 0 Å². The molecule has 36 heavy (non-hydrogen) atoms. The van der Waals surface area contributed by atoms with E-state index in [1.54, 1.807) is 6.07 Å². The van der Waals surface area contributed by atoms with Crippen LogP contribution in [0, 0.1) is 5.92 Å². The summed E-state index contributed by atoms with van der Waals surface area (Å²) in [5.74, 6) is 1.56. The highest BCUT2D eigenvalue weighted by Crippen LogP contribution is 2.33. The number of aromatic nitrogens is 1. The molecule has 4 N–H and O–H groups in total. The number of carbonyl (C=O) groups excluding carboxylic acids is 1. The average Bonchev–Trinajstić information content (AvgIpc) is 2.89. The van der Waals surface area contributed by atoms with Gasteiger partial charge in [-0.15, -0.1) is 12.4 Å². The second kappa shape index (κ2) is 11.8. The minimum atomic E-state index is -0.600. The SMILES string of the molecule is Cl.NC(=O)Nc1ccc2nc(-c3ccccc3)cc(Nc3ccc(OCC4CCCCC4)cc3)c2c1. The first-order valence-electron chi connectivity index (χ1n) is 12.2. The molecule has 0 unspecified atom stereocenters. The van der Waals surface area contributed by atoms with Gasteiger partial charge in [0.1, 0.15) is 5.75 Å². The Kier molecular flexibility index (Phi) is 8.28. The molecule has 186 valence electrons. The van der Waals surface area contributed by atoms with Crippen molar-refractivity contribution in [2.45, 2.75) is 32.1 Å². The predicted molar refractivity (Wildman–Crippen MR) is 149 cm³/mol. The molecule has 0 atom stereocenters. The molecule has 1 aromatic heterocycles. The standard InChI is InChI=1S/C29H30N4O2.ClH/c30-29(34)32-23-13-16-26-25(17-23)28(18-27(33-26)21-9-5-2-6-10-21)31-22-11-14-24(15-12-22)35-19-20-7-3-1-4-8-20;/h2,5-6,9-18,20H,1,3-4,7-8,19H2,(H,31,33)(H3,30,32,34);1H. The van der Waals surface area contributed by atoms with E-state index in [1.165, 1.54) is 32.1 Å². The Hall–Kier alpha value is -3.77. The molecule has 2 amide bonds. The minimum absolute atomic E-state index is 0. The van der Waals surface area contributed by atoms with Crippen LogP contribution >= 0.6 is 12.4 Å². The van der Waals surface area contributed by atoms with Crippen molar-refractivity contribution in [1.29, 1.82) is 0 Å². The molecule has 0 bridgehead atoms. The van der Waals surface area contributed by atoms with E-state index >= 15 is 0 Å². The smallest absolute Gasteiger partial charge is 0.316 e. The number of carbonyl (C=O) groups is 1. The zero-order valence-electron chi connectivity index (χ0n) is 20.1. The number of nitrogens with zero attached hydrogens (tertiary/aromatic N) is 1. The fourth-order valence-corrected chi connectivity index (χ4v) is 4.66. The molecule has 0 aliphatic heterocycles. The Morgan fingerprint density at radius 2 is 1.64 bits per heavy atom. The van der Waals surface area contributed by atoms with Gasteiger partial charge in [0.05, 0.1) is 23.5 Å². The average molecular weight is 503 g/mol. The summed E-state index contributed by atoms with van der Waals surface area (Å²) in [6.45, 7) is 0.790. The van der Waals surface area contributed by atoms with Gasteiger partial charge in [0.25, 0.3) is 0 Å². The molecular weight excluding hydrogens is 472 g/mol. The van der Waals surface area contributed by atoms with Gasteiger partial charge in [-0.3, -0.25) is 0 Å². The van der Waals surface area contributed by atoms with Gasteiger partial charge in [0, 0.05) is 22.3 Å². The number of pyridine rings is 1. The van der Waals surface area contributed by atoms with E-state index in [-0.39, 0.29) is 12.4 Å². The molecule has 4 aromatic rings. The van der Waals surface area contributed by atoms with E-state index in [0.717, 1.165) is 45.9 Å². The van der Waals surface area contributed by atoms with Crippen molar-refractivity contribution in [3.8, 4) is 17.0 Å². The molecule has 3 aromatic carbocycles. The summed E-state index contributed by atoms with van der Waals surface area (Å²) in [6.07, 6.45) is 6.53. The highest BCUT2D eigenvalue weighted by atomic mass is 35.5. The van der Waals surface area contributed by atoms with Gasteiger partial charge in [-0.25, -0.2) is 9.78 Å². The molecule has 1 aliphatic carbocycles. The number of amides is 2. The number of nitrogens with two attached hydrogens (primary N) is 1. The Labute approximate surface area is 217 Å². The van der Waals surface area contributed by atoms with Crippen LogP contribution in [-0.2, 0) is 0 Å². The lowest BCUT2D eigenvalue weighted by Gasteiger charge is -2.21. The molecule has 0 spiro atoms. The Morgan fingerprint density at radius 3 is 2.36 bits per heavy atom. The molecule has 1 saturated carbocycles. The van der Waals surface area contributed by atoms with Gasteiger partial charge >= 0.3 is 6.03 Å². The van der Waals surface area contributed by atoms with Crippen LogP contribution in [0.3, 0.4) is 0 Å². The van der Waals surface area contributed by atoms with Gasteiger partial charge in [-0.1, -0.05) is 49.6 Å². The lowest BCUT2D eigenvalue weighted by Crippen LogP contribution is -2.19. The number of primary amides is 1. The van der Waals surface area contributed by atoms with Gasteiger partial charge in [-0.2, -0.15) is 0 Å². The Bertz CT molecular complexity index is 1310. The van der Waals surface area contributed by atoms with E-state index in [1.807, 2.05) is 72.8 Å². The van der Waals surface area contributed by atoms with Crippen molar-refractivity contribution >= 4 is 46.4 Å². The normalized spacial score (nSPS) is 13.6. The van der Waals surface area contributed by atoms with Gasteiger partial charge in [0.2, 0.25) is 0 Å². The Morgan fingerprint density at radius 1 is 0.917 bits per heavy atom. The molecule has 6 nitrogen and oxygen atoms in total. The van der Waals surface area contributed by atoms with E-state index in [4.69, 9.17) is 15.5 Å². The molecule has 7 heteroatoms. The van der Waals surface area contributed by atoms with Crippen molar-refractivity contribution in [3.63, 3.8) is 0 Å². The number of ether oxygens (including phenoxy) is 1. The summed E-state index contributed by atoms with van der Waals surface area (Å²) in [7, 11) is 0. The molecule has 0 radical (unpaired) electrons.